The number of rotatable bonds is 7. The van der Waals surface area contributed by atoms with Crippen LogP contribution in [0.4, 0.5) is 5.82 Å². The molecular weight excluding hydrogens is 400 g/mol. The third kappa shape index (κ3) is 4.09. The fraction of sp³-hybridized carbons (Fsp3) is 0.333. The van der Waals surface area contributed by atoms with Crippen LogP contribution < -0.4 is 10.9 Å². The lowest BCUT2D eigenvalue weighted by Crippen LogP contribution is -2.24. The molecule has 148 valence electrons. The molecular formula is C18H20N4O4S2. The van der Waals surface area contributed by atoms with Crippen molar-refractivity contribution in [3.8, 4) is 0 Å². The molecule has 3 heterocycles. The Morgan fingerprint density at radius 1 is 1.39 bits per heavy atom. The second-order valence-electron chi connectivity index (χ2n) is 6.07. The Bertz CT molecular complexity index is 1020. The number of amides is 1. The zero-order chi connectivity index (χ0) is 20.3. The topological polar surface area (TPSA) is 96.2 Å². The van der Waals surface area contributed by atoms with Crippen LogP contribution in [0.3, 0.4) is 0 Å². The summed E-state index contributed by atoms with van der Waals surface area (Å²) < 4.78 is 7.14. The molecule has 28 heavy (non-hydrogen) atoms. The predicted octanol–water partition coefficient (Wildman–Crippen LogP) is 1.25. The van der Waals surface area contributed by atoms with Gasteiger partial charge in [0.15, 0.2) is 0 Å². The first-order valence-corrected chi connectivity index (χ1v) is 9.82. The van der Waals surface area contributed by atoms with Gasteiger partial charge in [0.2, 0.25) is 0 Å². The lowest BCUT2D eigenvalue weighted by molar-refractivity contribution is -0.121. The first kappa shape index (κ1) is 20.5. The van der Waals surface area contributed by atoms with Crippen LogP contribution in [0.15, 0.2) is 28.0 Å². The van der Waals surface area contributed by atoms with Gasteiger partial charge >= 0.3 is 0 Å². The molecule has 2 aromatic heterocycles. The number of aryl methyl sites for hydroxylation is 1. The van der Waals surface area contributed by atoms with E-state index in [-0.39, 0.29) is 30.2 Å². The third-order valence-electron chi connectivity index (χ3n) is 4.12. The zero-order valence-electron chi connectivity index (χ0n) is 15.5. The van der Waals surface area contributed by atoms with Crippen LogP contribution in [0.1, 0.15) is 11.1 Å². The smallest absolute Gasteiger partial charge is 0.267 e. The Labute approximate surface area is 171 Å². The van der Waals surface area contributed by atoms with Crippen LogP contribution in [-0.4, -0.2) is 63.0 Å². The fourth-order valence-corrected chi connectivity index (χ4v) is 3.82. The van der Waals surface area contributed by atoms with E-state index in [0.29, 0.717) is 33.8 Å². The fourth-order valence-electron chi connectivity index (χ4n) is 2.66. The van der Waals surface area contributed by atoms with Crippen molar-refractivity contribution < 1.29 is 14.6 Å². The van der Waals surface area contributed by atoms with Gasteiger partial charge in [0.25, 0.3) is 11.5 Å². The second-order valence-corrected chi connectivity index (χ2v) is 7.74. The van der Waals surface area contributed by atoms with Crippen LogP contribution >= 0.6 is 24.0 Å². The second kappa shape index (κ2) is 8.82. The summed E-state index contributed by atoms with van der Waals surface area (Å²) in [5.74, 6) is 0.120. The van der Waals surface area contributed by atoms with Crippen molar-refractivity contribution in [3.63, 3.8) is 0 Å². The number of carbonyl (C=O) groups excluding carboxylic acids is 1. The number of carbonyl (C=O) groups is 1. The van der Waals surface area contributed by atoms with E-state index >= 15 is 0 Å². The number of anilines is 1. The number of thioether (sulfide) groups is 1. The minimum Gasteiger partial charge on any atom is -0.394 e. The lowest BCUT2D eigenvalue weighted by atomic mass is 10.2. The summed E-state index contributed by atoms with van der Waals surface area (Å²) in [6.07, 6.45) is 3.18. The summed E-state index contributed by atoms with van der Waals surface area (Å²) in [4.78, 5) is 31.8. The summed E-state index contributed by atoms with van der Waals surface area (Å²) in [6, 6.07) is 3.65. The molecule has 1 aliphatic heterocycles. The minimum absolute atomic E-state index is 0.0567. The van der Waals surface area contributed by atoms with Crippen molar-refractivity contribution in [2.75, 3.05) is 38.7 Å². The van der Waals surface area contributed by atoms with Crippen LogP contribution in [-0.2, 0) is 9.53 Å². The van der Waals surface area contributed by atoms with E-state index in [9.17, 15) is 9.59 Å². The van der Waals surface area contributed by atoms with Crippen molar-refractivity contribution in [1.82, 2.24) is 14.3 Å². The molecule has 0 aliphatic carbocycles. The number of likely N-dealkylation sites (N-methyl/N-ethyl adjacent to an activating group) is 1. The van der Waals surface area contributed by atoms with Crippen LogP contribution in [0, 0.1) is 6.92 Å². The monoisotopic (exact) mass is 420 g/mol. The first-order valence-electron chi connectivity index (χ1n) is 8.60. The normalized spacial score (nSPS) is 15.8. The van der Waals surface area contributed by atoms with Crippen molar-refractivity contribution in [2.24, 2.45) is 0 Å². The molecule has 0 spiro atoms. The van der Waals surface area contributed by atoms with Crippen molar-refractivity contribution in [2.45, 2.75) is 6.92 Å². The quantitative estimate of drug-likeness (QED) is 0.393. The minimum atomic E-state index is -0.283. The molecule has 10 heteroatoms. The maximum absolute atomic E-state index is 13.1. The molecule has 2 N–H and O–H groups in total. The zero-order valence-corrected chi connectivity index (χ0v) is 17.1. The van der Waals surface area contributed by atoms with Crippen LogP contribution in [0.5, 0.6) is 0 Å². The van der Waals surface area contributed by atoms with E-state index < -0.39 is 0 Å². The standard InChI is InChI=1S/C18H20N4O4S2/c1-11-4-3-6-22-15(11)20-14(19-5-8-26-9-7-23)12(16(22)24)10-13-17(25)21(2)18(27)28-13/h3-4,6,10,19,23H,5,7-9H2,1-2H3/b13-10+. The molecule has 3 rings (SSSR count). The number of nitrogens with one attached hydrogen (secondary N) is 1. The number of hydrogen-bond donors (Lipinski definition) is 2. The van der Waals surface area contributed by atoms with Gasteiger partial charge in [0.05, 0.1) is 30.3 Å². The highest BCUT2D eigenvalue weighted by Crippen LogP contribution is 2.31. The van der Waals surface area contributed by atoms with Gasteiger partial charge in [-0.1, -0.05) is 30.0 Å². The lowest BCUT2D eigenvalue weighted by Gasteiger charge is -2.12. The Hall–Kier alpha value is -2.27. The van der Waals surface area contributed by atoms with E-state index in [1.807, 2.05) is 13.0 Å². The van der Waals surface area contributed by atoms with E-state index in [1.54, 1.807) is 19.3 Å². The SMILES string of the molecule is Cc1cccn2c(=O)c(/C=C3/SC(=S)N(C)C3=O)c(NCCOCCO)nc12. The van der Waals surface area contributed by atoms with Gasteiger partial charge in [-0.3, -0.25) is 18.9 Å². The largest absolute Gasteiger partial charge is 0.394 e. The molecule has 0 radical (unpaired) electrons. The molecule has 1 aliphatic rings. The first-order chi connectivity index (χ1) is 13.4. The molecule has 0 atom stereocenters. The van der Waals surface area contributed by atoms with E-state index in [4.69, 9.17) is 22.1 Å². The summed E-state index contributed by atoms with van der Waals surface area (Å²) in [5.41, 5.74) is 1.38. The van der Waals surface area contributed by atoms with E-state index in [0.717, 1.165) is 17.3 Å². The summed E-state index contributed by atoms with van der Waals surface area (Å²) >= 11 is 6.31. The molecule has 2 aromatic rings. The van der Waals surface area contributed by atoms with Gasteiger partial charge in [-0.25, -0.2) is 4.98 Å². The number of ether oxygens (including phenoxy) is 1. The predicted molar refractivity (Wildman–Crippen MR) is 114 cm³/mol. The molecule has 1 fully saturated rings. The van der Waals surface area contributed by atoms with Crippen LogP contribution in [0.25, 0.3) is 11.7 Å². The highest BCUT2D eigenvalue weighted by molar-refractivity contribution is 8.26. The highest BCUT2D eigenvalue weighted by atomic mass is 32.2. The molecule has 1 saturated heterocycles. The molecule has 0 saturated carbocycles. The molecule has 8 nitrogen and oxygen atoms in total. The molecule has 0 aromatic carbocycles. The maximum Gasteiger partial charge on any atom is 0.267 e. The number of aromatic nitrogens is 2. The number of hydrogen-bond acceptors (Lipinski definition) is 8. The Balaban J connectivity index is 2.04. The summed E-state index contributed by atoms with van der Waals surface area (Å²) in [6.45, 7) is 2.78. The third-order valence-corrected chi connectivity index (χ3v) is 5.61. The highest BCUT2D eigenvalue weighted by Gasteiger charge is 2.29. The van der Waals surface area contributed by atoms with E-state index in [1.165, 1.54) is 15.4 Å². The number of aliphatic hydroxyl groups excluding tert-OH is 1. The van der Waals surface area contributed by atoms with Gasteiger partial charge in [-0.2, -0.15) is 0 Å². The Morgan fingerprint density at radius 2 is 2.18 bits per heavy atom. The maximum atomic E-state index is 13.1. The van der Waals surface area contributed by atoms with Gasteiger partial charge in [-0.05, 0) is 24.6 Å². The number of fused-ring (bicyclic) bond motifs is 1. The Morgan fingerprint density at radius 3 is 2.86 bits per heavy atom. The molecule has 1 amide bonds. The van der Waals surface area contributed by atoms with Gasteiger partial charge in [0, 0.05) is 19.8 Å². The van der Waals surface area contributed by atoms with Gasteiger partial charge in [-0.15, -0.1) is 0 Å². The van der Waals surface area contributed by atoms with Crippen molar-refractivity contribution >= 4 is 51.7 Å². The van der Waals surface area contributed by atoms with Crippen molar-refractivity contribution in [3.05, 3.63) is 44.7 Å². The van der Waals surface area contributed by atoms with Gasteiger partial charge < -0.3 is 15.2 Å². The number of nitrogens with zero attached hydrogens (tertiary/aromatic N) is 3. The Kier molecular flexibility index (Phi) is 6.45. The van der Waals surface area contributed by atoms with Crippen molar-refractivity contribution in [1.29, 1.82) is 0 Å². The number of pyridine rings is 1. The molecule has 0 unspecified atom stereocenters. The van der Waals surface area contributed by atoms with Gasteiger partial charge in [0.1, 0.15) is 15.8 Å². The number of thiocarbonyl (C=S) groups is 1. The molecule has 0 bridgehead atoms. The summed E-state index contributed by atoms with van der Waals surface area (Å²) in [5, 5.41) is 11.9. The summed E-state index contributed by atoms with van der Waals surface area (Å²) in [7, 11) is 1.60. The van der Waals surface area contributed by atoms with E-state index in [2.05, 4.69) is 10.3 Å². The van der Waals surface area contributed by atoms with Crippen LogP contribution in [0.2, 0.25) is 0 Å². The number of aliphatic hydroxyl groups is 1. The average Bonchev–Trinajstić information content (AvgIpc) is 2.92. The average molecular weight is 421 g/mol.